The van der Waals surface area contributed by atoms with E-state index in [9.17, 15) is 9.59 Å². The Balaban J connectivity index is 1.71. The molecule has 3 N–H and O–H groups in total. The molecule has 0 spiro atoms. The van der Waals surface area contributed by atoms with Crippen LogP contribution in [0.3, 0.4) is 0 Å². The second-order valence-corrected chi connectivity index (χ2v) is 7.13. The number of amides is 3. The number of hydrogen-bond acceptors (Lipinski definition) is 3. The molecule has 0 saturated carbocycles. The molecule has 1 aromatic heterocycles. The van der Waals surface area contributed by atoms with Crippen LogP contribution in [-0.4, -0.2) is 19.0 Å². The van der Waals surface area contributed by atoms with Crippen molar-refractivity contribution in [2.24, 2.45) is 0 Å². The van der Waals surface area contributed by atoms with E-state index in [1.165, 1.54) is 11.1 Å². The van der Waals surface area contributed by atoms with Gasteiger partial charge in [-0.3, -0.25) is 4.79 Å². The van der Waals surface area contributed by atoms with Gasteiger partial charge in [0, 0.05) is 29.4 Å². The predicted octanol–water partition coefficient (Wildman–Crippen LogP) is 4.80. The van der Waals surface area contributed by atoms with Crippen molar-refractivity contribution in [3.63, 3.8) is 0 Å². The minimum Gasteiger partial charge on any atom is -0.464 e. The molecule has 0 unspecified atom stereocenters. The van der Waals surface area contributed by atoms with Crippen molar-refractivity contribution in [1.82, 2.24) is 5.32 Å². The lowest BCUT2D eigenvalue weighted by molar-refractivity contribution is -0.115. The molecule has 3 amide bonds. The Morgan fingerprint density at radius 1 is 1.04 bits per heavy atom. The van der Waals surface area contributed by atoms with E-state index in [-0.39, 0.29) is 18.4 Å². The number of anilines is 2. The highest BCUT2D eigenvalue weighted by Gasteiger charge is 2.14. The summed E-state index contributed by atoms with van der Waals surface area (Å²) in [5, 5.41) is 9.02. The van der Waals surface area contributed by atoms with Crippen molar-refractivity contribution in [2.75, 3.05) is 17.7 Å². The van der Waals surface area contributed by atoms with Crippen molar-refractivity contribution in [2.45, 2.75) is 33.1 Å². The summed E-state index contributed by atoms with van der Waals surface area (Å²) in [6.45, 7) is 6.39. The lowest BCUT2D eigenvalue weighted by Gasteiger charge is -2.10. The summed E-state index contributed by atoms with van der Waals surface area (Å²) in [6, 6.07) is 10.8. The molecule has 0 aliphatic rings. The van der Waals surface area contributed by atoms with E-state index >= 15 is 0 Å². The molecular weight excluding hydrogens is 354 g/mol. The molecule has 0 atom stereocenters. The third-order valence-electron chi connectivity index (χ3n) is 4.67. The van der Waals surface area contributed by atoms with Gasteiger partial charge in [-0.15, -0.1) is 0 Å². The second kappa shape index (κ2) is 8.17. The molecule has 0 aliphatic heterocycles. The Bertz CT molecular complexity index is 1000. The molecule has 0 saturated heterocycles. The van der Waals surface area contributed by atoms with E-state index in [2.05, 4.69) is 42.8 Å². The number of nitrogens with one attached hydrogen (secondary N) is 3. The fourth-order valence-electron chi connectivity index (χ4n) is 3.21. The zero-order chi connectivity index (χ0) is 20.3. The van der Waals surface area contributed by atoms with Crippen LogP contribution in [0.15, 0.2) is 47.1 Å². The van der Waals surface area contributed by atoms with Crippen LogP contribution >= 0.6 is 0 Å². The Morgan fingerprint density at radius 3 is 2.29 bits per heavy atom. The van der Waals surface area contributed by atoms with Gasteiger partial charge in [-0.2, -0.15) is 0 Å². The molecule has 28 heavy (non-hydrogen) atoms. The summed E-state index contributed by atoms with van der Waals surface area (Å²) >= 11 is 0. The van der Waals surface area contributed by atoms with Gasteiger partial charge < -0.3 is 20.4 Å². The molecule has 3 aromatic rings. The van der Waals surface area contributed by atoms with Crippen LogP contribution in [0.1, 0.15) is 36.5 Å². The number of carbonyl (C=O) groups is 2. The maximum absolute atomic E-state index is 12.5. The molecule has 2 aromatic carbocycles. The van der Waals surface area contributed by atoms with E-state index in [4.69, 9.17) is 4.42 Å². The number of benzene rings is 2. The van der Waals surface area contributed by atoms with E-state index in [0.29, 0.717) is 17.3 Å². The molecule has 146 valence electrons. The van der Waals surface area contributed by atoms with E-state index in [1.807, 2.05) is 6.07 Å². The van der Waals surface area contributed by atoms with Crippen molar-refractivity contribution in [3.8, 4) is 0 Å². The molecule has 6 nitrogen and oxygen atoms in total. The van der Waals surface area contributed by atoms with Crippen LogP contribution in [0.25, 0.3) is 11.0 Å². The molecule has 3 rings (SSSR count). The average Bonchev–Trinajstić information content (AvgIpc) is 3.03. The Labute approximate surface area is 164 Å². The third-order valence-corrected chi connectivity index (χ3v) is 4.67. The third kappa shape index (κ3) is 4.34. The van der Waals surface area contributed by atoms with E-state index in [1.54, 1.807) is 37.6 Å². The van der Waals surface area contributed by atoms with Crippen LogP contribution in [-0.2, 0) is 11.2 Å². The SMILES string of the molecule is CNC(=O)Nc1ccc(NC(=O)Cc2coc3cc(C)c(C(C)C)cc23)cc1. The minimum absolute atomic E-state index is 0.124. The number of aryl methyl sites for hydroxylation is 1. The van der Waals surface area contributed by atoms with Crippen LogP contribution in [0, 0.1) is 6.92 Å². The molecule has 0 fully saturated rings. The highest BCUT2D eigenvalue weighted by atomic mass is 16.3. The summed E-state index contributed by atoms with van der Waals surface area (Å²) in [5.74, 6) is 0.282. The smallest absolute Gasteiger partial charge is 0.318 e. The highest BCUT2D eigenvalue weighted by molar-refractivity contribution is 5.96. The number of fused-ring (bicyclic) bond motifs is 1. The van der Waals surface area contributed by atoms with Gasteiger partial charge in [-0.05, 0) is 60.4 Å². The van der Waals surface area contributed by atoms with Crippen molar-refractivity contribution in [1.29, 1.82) is 0 Å². The zero-order valence-electron chi connectivity index (χ0n) is 16.6. The van der Waals surface area contributed by atoms with Gasteiger partial charge in [-0.1, -0.05) is 13.8 Å². The van der Waals surface area contributed by atoms with Gasteiger partial charge >= 0.3 is 6.03 Å². The van der Waals surface area contributed by atoms with Gasteiger partial charge in [0.05, 0.1) is 12.7 Å². The fraction of sp³-hybridized carbons (Fsp3) is 0.273. The summed E-state index contributed by atoms with van der Waals surface area (Å²) in [5.41, 5.74) is 5.43. The topological polar surface area (TPSA) is 83.4 Å². The van der Waals surface area contributed by atoms with Crippen molar-refractivity contribution >= 4 is 34.3 Å². The van der Waals surface area contributed by atoms with Crippen LogP contribution < -0.4 is 16.0 Å². The maximum atomic E-state index is 12.5. The van der Waals surface area contributed by atoms with Crippen LogP contribution in [0.2, 0.25) is 0 Å². The minimum atomic E-state index is -0.292. The largest absolute Gasteiger partial charge is 0.464 e. The van der Waals surface area contributed by atoms with Crippen molar-refractivity contribution in [3.05, 3.63) is 59.4 Å². The summed E-state index contributed by atoms with van der Waals surface area (Å²) < 4.78 is 5.65. The van der Waals surface area contributed by atoms with Gasteiger partial charge in [0.1, 0.15) is 5.58 Å². The number of urea groups is 1. The molecule has 6 heteroatoms. The first-order valence-electron chi connectivity index (χ1n) is 9.26. The number of carbonyl (C=O) groups excluding carboxylic acids is 2. The van der Waals surface area contributed by atoms with Crippen LogP contribution in [0.5, 0.6) is 0 Å². The molecular formula is C22H25N3O3. The maximum Gasteiger partial charge on any atom is 0.318 e. The number of furan rings is 1. The summed E-state index contributed by atoms with van der Waals surface area (Å²) in [4.78, 5) is 23.8. The Kier molecular flexibility index (Phi) is 5.68. The quantitative estimate of drug-likeness (QED) is 0.595. The lowest BCUT2D eigenvalue weighted by atomic mass is 9.95. The fourth-order valence-corrected chi connectivity index (χ4v) is 3.21. The van der Waals surface area contributed by atoms with Gasteiger partial charge in [-0.25, -0.2) is 4.79 Å². The summed E-state index contributed by atoms with van der Waals surface area (Å²) in [6.07, 6.45) is 1.88. The monoisotopic (exact) mass is 379 g/mol. The van der Waals surface area contributed by atoms with Crippen molar-refractivity contribution < 1.29 is 14.0 Å². The first kappa shape index (κ1) is 19.5. The Hall–Kier alpha value is -3.28. The number of hydrogen-bond donors (Lipinski definition) is 3. The lowest BCUT2D eigenvalue weighted by Crippen LogP contribution is -2.24. The first-order valence-corrected chi connectivity index (χ1v) is 9.26. The number of rotatable bonds is 5. The molecule has 0 radical (unpaired) electrons. The van der Waals surface area contributed by atoms with E-state index in [0.717, 1.165) is 16.5 Å². The first-order chi connectivity index (χ1) is 13.4. The van der Waals surface area contributed by atoms with Gasteiger partial charge in [0.2, 0.25) is 5.91 Å². The molecule has 0 bridgehead atoms. The zero-order valence-corrected chi connectivity index (χ0v) is 16.6. The normalized spacial score (nSPS) is 10.9. The van der Waals surface area contributed by atoms with Crippen LogP contribution in [0.4, 0.5) is 16.2 Å². The van der Waals surface area contributed by atoms with E-state index < -0.39 is 0 Å². The molecule has 0 aliphatic carbocycles. The Morgan fingerprint density at radius 2 is 1.68 bits per heavy atom. The van der Waals surface area contributed by atoms with Gasteiger partial charge in [0.25, 0.3) is 0 Å². The second-order valence-electron chi connectivity index (χ2n) is 7.13. The average molecular weight is 379 g/mol. The highest BCUT2D eigenvalue weighted by Crippen LogP contribution is 2.29. The predicted molar refractivity (Wildman–Crippen MR) is 112 cm³/mol. The standard InChI is InChI=1S/C22H25N3O3/c1-13(2)18-11-19-15(12-28-20(19)9-14(18)3)10-21(26)24-16-5-7-17(8-6-16)25-22(27)23-4/h5-9,11-13H,10H2,1-4H3,(H,24,26)(H2,23,25,27). The summed E-state index contributed by atoms with van der Waals surface area (Å²) in [7, 11) is 1.55. The molecule has 1 heterocycles. The van der Waals surface area contributed by atoms with Gasteiger partial charge in [0.15, 0.2) is 0 Å².